The Labute approximate surface area is 114 Å². The normalized spacial score (nSPS) is 26.3. The Hall–Kier alpha value is -0.260. The zero-order valence-electron chi connectivity index (χ0n) is 11.2. The number of carbonyl (C=O) groups excluding carboxylic acids is 1. The van der Waals surface area contributed by atoms with Crippen molar-refractivity contribution >= 4 is 17.7 Å². The third-order valence-corrected chi connectivity index (χ3v) is 4.75. The molecule has 0 radical (unpaired) electrons. The summed E-state index contributed by atoms with van der Waals surface area (Å²) in [5.41, 5.74) is 0. The van der Waals surface area contributed by atoms with Gasteiger partial charge in [-0.2, -0.15) is 11.8 Å². The van der Waals surface area contributed by atoms with E-state index >= 15 is 0 Å². The molecule has 2 rings (SSSR count). The summed E-state index contributed by atoms with van der Waals surface area (Å²) in [7, 11) is 0. The topological polar surface area (TPSA) is 41.6 Å². The highest BCUT2D eigenvalue weighted by atomic mass is 32.2. The monoisotopic (exact) mass is 272 g/mol. The number of likely N-dealkylation sites (tertiary alicyclic amines) is 1. The largest absolute Gasteiger partial charge is 0.378 e. The van der Waals surface area contributed by atoms with E-state index in [9.17, 15) is 4.79 Å². The number of carbonyl (C=O) groups is 1. The van der Waals surface area contributed by atoms with E-state index in [-0.39, 0.29) is 0 Å². The first-order valence-electron chi connectivity index (χ1n) is 7.00. The van der Waals surface area contributed by atoms with Crippen LogP contribution in [0.1, 0.15) is 26.2 Å². The number of amides is 1. The molecule has 1 N–H and O–H groups in total. The second-order valence-corrected chi connectivity index (χ2v) is 6.12. The van der Waals surface area contributed by atoms with Crippen LogP contribution in [0.15, 0.2) is 0 Å². The summed E-state index contributed by atoms with van der Waals surface area (Å²) in [6.45, 7) is 5.58. The summed E-state index contributed by atoms with van der Waals surface area (Å²) < 4.78 is 5.61. The smallest absolute Gasteiger partial charge is 0.224 e. The molecule has 104 valence electrons. The maximum atomic E-state index is 12.2. The number of hydrogen-bond acceptors (Lipinski definition) is 4. The third kappa shape index (κ3) is 4.14. The summed E-state index contributed by atoms with van der Waals surface area (Å²) in [5, 5.41) is 3.43. The maximum absolute atomic E-state index is 12.2. The molecule has 2 fully saturated rings. The lowest BCUT2D eigenvalue weighted by molar-refractivity contribution is -0.134. The van der Waals surface area contributed by atoms with Gasteiger partial charge in [-0.25, -0.2) is 0 Å². The summed E-state index contributed by atoms with van der Waals surface area (Å²) >= 11 is 1.95. The van der Waals surface area contributed by atoms with Crippen molar-refractivity contribution in [3.05, 3.63) is 0 Å². The molecular weight excluding hydrogens is 248 g/mol. The van der Waals surface area contributed by atoms with E-state index in [1.54, 1.807) is 0 Å². The summed E-state index contributed by atoms with van der Waals surface area (Å²) in [5.74, 6) is 2.55. The highest BCUT2D eigenvalue weighted by Gasteiger charge is 2.25. The van der Waals surface area contributed by atoms with Crippen molar-refractivity contribution < 1.29 is 9.53 Å². The Morgan fingerprint density at radius 3 is 2.83 bits per heavy atom. The van der Waals surface area contributed by atoms with Gasteiger partial charge in [0, 0.05) is 50.2 Å². The van der Waals surface area contributed by atoms with Crippen LogP contribution < -0.4 is 5.32 Å². The molecule has 5 heteroatoms. The van der Waals surface area contributed by atoms with E-state index in [0.717, 1.165) is 44.8 Å². The molecule has 0 saturated carbocycles. The molecule has 18 heavy (non-hydrogen) atoms. The van der Waals surface area contributed by atoms with Crippen LogP contribution >= 0.6 is 11.8 Å². The minimum atomic E-state index is 0.310. The fourth-order valence-electron chi connectivity index (χ4n) is 2.60. The zero-order chi connectivity index (χ0) is 12.8. The highest BCUT2D eigenvalue weighted by Crippen LogP contribution is 2.16. The molecule has 0 aromatic carbocycles. The summed E-state index contributed by atoms with van der Waals surface area (Å²) in [6.07, 6.45) is 3.01. The predicted molar refractivity (Wildman–Crippen MR) is 75.0 cm³/mol. The van der Waals surface area contributed by atoms with E-state index in [1.165, 1.54) is 5.75 Å². The molecule has 1 atom stereocenters. The molecule has 2 aliphatic heterocycles. The van der Waals surface area contributed by atoms with Gasteiger partial charge in [-0.1, -0.05) is 0 Å². The van der Waals surface area contributed by atoms with E-state index in [1.807, 2.05) is 23.6 Å². The molecule has 1 amide bonds. The molecule has 2 aliphatic rings. The van der Waals surface area contributed by atoms with Crippen LogP contribution in [0.3, 0.4) is 0 Å². The average Bonchev–Trinajstić information content (AvgIpc) is 2.41. The van der Waals surface area contributed by atoms with Crippen molar-refractivity contribution in [2.24, 2.45) is 0 Å². The number of hydrogen-bond donors (Lipinski definition) is 1. The first kappa shape index (κ1) is 14.2. The second kappa shape index (κ2) is 7.36. The molecule has 0 aromatic heterocycles. The Balaban J connectivity index is 1.70. The van der Waals surface area contributed by atoms with Crippen LogP contribution in [0, 0.1) is 0 Å². The minimum absolute atomic E-state index is 0.310. The summed E-state index contributed by atoms with van der Waals surface area (Å²) in [4.78, 5) is 14.2. The molecular formula is C13H24N2O2S. The number of piperidine rings is 1. The molecule has 4 nitrogen and oxygen atoms in total. The van der Waals surface area contributed by atoms with Crippen LogP contribution in [0.5, 0.6) is 0 Å². The van der Waals surface area contributed by atoms with Gasteiger partial charge >= 0.3 is 0 Å². The Morgan fingerprint density at radius 1 is 1.44 bits per heavy atom. The molecule has 2 saturated heterocycles. The molecule has 2 heterocycles. The van der Waals surface area contributed by atoms with Crippen LogP contribution in [0.4, 0.5) is 0 Å². The van der Waals surface area contributed by atoms with Crippen molar-refractivity contribution in [2.75, 3.05) is 37.7 Å². The van der Waals surface area contributed by atoms with Crippen molar-refractivity contribution in [1.29, 1.82) is 0 Å². The van der Waals surface area contributed by atoms with E-state index in [2.05, 4.69) is 5.32 Å². The quantitative estimate of drug-likeness (QED) is 0.832. The average molecular weight is 272 g/mol. The summed E-state index contributed by atoms with van der Waals surface area (Å²) in [6, 6.07) is 0.376. The van der Waals surface area contributed by atoms with E-state index < -0.39 is 0 Å². The van der Waals surface area contributed by atoms with Crippen molar-refractivity contribution in [2.45, 2.75) is 38.3 Å². The molecule has 0 spiro atoms. The van der Waals surface area contributed by atoms with Gasteiger partial charge in [-0.15, -0.1) is 0 Å². The van der Waals surface area contributed by atoms with Crippen molar-refractivity contribution in [3.8, 4) is 0 Å². The Kier molecular flexibility index (Phi) is 5.79. The van der Waals surface area contributed by atoms with Gasteiger partial charge in [0.15, 0.2) is 0 Å². The molecule has 0 aromatic rings. The van der Waals surface area contributed by atoms with Gasteiger partial charge in [-0.3, -0.25) is 4.79 Å². The number of rotatable bonds is 4. The van der Waals surface area contributed by atoms with Crippen LogP contribution in [-0.4, -0.2) is 60.7 Å². The van der Waals surface area contributed by atoms with E-state index in [4.69, 9.17) is 4.74 Å². The van der Waals surface area contributed by atoms with Crippen molar-refractivity contribution in [3.63, 3.8) is 0 Å². The number of ether oxygens (including phenoxy) is 1. The lowest BCUT2D eigenvalue weighted by atomic mass is 10.1. The SMILES string of the molecule is CCOC1CCN(C(=O)CC2CSCCN2)CC1. The lowest BCUT2D eigenvalue weighted by Gasteiger charge is -2.33. The van der Waals surface area contributed by atoms with Gasteiger partial charge in [0.25, 0.3) is 0 Å². The van der Waals surface area contributed by atoms with E-state index in [0.29, 0.717) is 24.5 Å². The minimum Gasteiger partial charge on any atom is -0.378 e. The fraction of sp³-hybridized carbons (Fsp3) is 0.923. The van der Waals surface area contributed by atoms with Crippen LogP contribution in [0.25, 0.3) is 0 Å². The number of nitrogens with zero attached hydrogens (tertiary/aromatic N) is 1. The van der Waals surface area contributed by atoms with Gasteiger partial charge in [0.05, 0.1) is 6.10 Å². The first-order valence-corrected chi connectivity index (χ1v) is 8.15. The van der Waals surface area contributed by atoms with Gasteiger partial charge in [0.2, 0.25) is 5.91 Å². The number of thioether (sulfide) groups is 1. The van der Waals surface area contributed by atoms with Crippen molar-refractivity contribution in [1.82, 2.24) is 10.2 Å². The third-order valence-electron chi connectivity index (χ3n) is 3.62. The molecule has 0 bridgehead atoms. The highest BCUT2D eigenvalue weighted by molar-refractivity contribution is 7.99. The maximum Gasteiger partial charge on any atom is 0.224 e. The van der Waals surface area contributed by atoms with Gasteiger partial charge < -0.3 is 15.0 Å². The molecule has 1 unspecified atom stereocenters. The molecule has 0 aliphatic carbocycles. The Bertz CT molecular complexity index is 262. The lowest BCUT2D eigenvalue weighted by Crippen LogP contribution is -2.45. The fourth-order valence-corrected chi connectivity index (χ4v) is 3.55. The predicted octanol–water partition coefficient (Wildman–Crippen LogP) is 1.11. The Morgan fingerprint density at radius 2 is 2.22 bits per heavy atom. The second-order valence-electron chi connectivity index (χ2n) is 4.97. The van der Waals surface area contributed by atoms with Gasteiger partial charge in [-0.05, 0) is 19.8 Å². The standard InChI is InChI=1S/C13H24N2O2S/c1-2-17-12-3-6-15(7-4-12)13(16)9-11-10-18-8-5-14-11/h11-12,14H,2-10H2,1H3. The van der Waals surface area contributed by atoms with Crippen LogP contribution in [0.2, 0.25) is 0 Å². The number of nitrogens with one attached hydrogen (secondary N) is 1. The first-order chi connectivity index (χ1) is 8.79. The zero-order valence-corrected chi connectivity index (χ0v) is 12.0. The van der Waals surface area contributed by atoms with Crippen LogP contribution in [-0.2, 0) is 9.53 Å². The van der Waals surface area contributed by atoms with Gasteiger partial charge in [0.1, 0.15) is 0 Å².